The van der Waals surface area contributed by atoms with E-state index >= 15 is 0 Å². The summed E-state index contributed by atoms with van der Waals surface area (Å²) in [5.41, 5.74) is 4.17. The van der Waals surface area contributed by atoms with E-state index in [9.17, 15) is 4.79 Å². The maximum absolute atomic E-state index is 13.3. The van der Waals surface area contributed by atoms with Crippen LogP contribution < -0.4 is 4.90 Å². The molecule has 0 bridgehead atoms. The number of rotatable bonds is 5. The van der Waals surface area contributed by atoms with Crippen molar-refractivity contribution < 1.29 is 4.79 Å². The summed E-state index contributed by atoms with van der Waals surface area (Å²) in [5.74, 6) is -0.0341. The third-order valence-corrected chi connectivity index (χ3v) is 7.93. The predicted octanol–water partition coefficient (Wildman–Crippen LogP) is 7.02. The first kappa shape index (κ1) is 22.3. The minimum atomic E-state index is -0.0341. The molecule has 1 amide bonds. The third-order valence-electron chi connectivity index (χ3n) is 5.49. The Labute approximate surface area is 208 Å². The summed E-state index contributed by atoms with van der Waals surface area (Å²) in [6.45, 7) is 4.25. The fraction of sp³-hybridized carbons (Fsp3) is 0.0714. The Hall–Kier alpha value is -3.48. The van der Waals surface area contributed by atoms with Gasteiger partial charge in [-0.15, -0.1) is 6.58 Å². The molecule has 0 aliphatic carbocycles. The van der Waals surface area contributed by atoms with E-state index in [0.717, 1.165) is 32.4 Å². The lowest BCUT2D eigenvalue weighted by Gasteiger charge is -2.15. The normalized spacial score (nSPS) is 18.9. The van der Waals surface area contributed by atoms with Crippen LogP contribution >= 0.6 is 23.5 Å². The topological polar surface area (TPSA) is 35.9 Å². The second-order valence-electron chi connectivity index (χ2n) is 7.80. The number of para-hydroxylation sites is 1. The molecular weight excluding hydrogens is 458 g/mol. The fourth-order valence-electron chi connectivity index (χ4n) is 3.74. The first-order valence-corrected chi connectivity index (χ1v) is 12.5. The van der Waals surface area contributed by atoms with Gasteiger partial charge in [0.15, 0.2) is 5.17 Å². The monoisotopic (exact) mass is 481 g/mol. The van der Waals surface area contributed by atoms with Crippen molar-refractivity contribution in [1.29, 1.82) is 0 Å². The maximum Gasteiger partial charge on any atom is 0.269 e. The van der Waals surface area contributed by atoms with Crippen LogP contribution in [0, 0.1) is 0 Å². The van der Waals surface area contributed by atoms with Gasteiger partial charge in [0.2, 0.25) is 0 Å². The SMILES string of the molecule is C=CCN1C(=O)/C(=C2/Sc3ccccc3N2C)SC1=Nc1ccc(/C=C/c2ccccc2)cc1. The van der Waals surface area contributed by atoms with Crippen molar-refractivity contribution >= 4 is 58.1 Å². The molecule has 168 valence electrons. The van der Waals surface area contributed by atoms with Crippen LogP contribution in [0.4, 0.5) is 11.4 Å². The molecule has 0 radical (unpaired) electrons. The zero-order valence-electron chi connectivity index (χ0n) is 18.7. The van der Waals surface area contributed by atoms with Crippen molar-refractivity contribution in [2.45, 2.75) is 4.90 Å². The molecule has 6 heteroatoms. The number of thioether (sulfide) groups is 2. The number of anilines is 1. The second-order valence-corrected chi connectivity index (χ2v) is 9.81. The molecule has 1 fully saturated rings. The van der Waals surface area contributed by atoms with Gasteiger partial charge in [-0.3, -0.25) is 9.69 Å². The molecule has 0 atom stereocenters. The number of amides is 1. The van der Waals surface area contributed by atoms with Crippen LogP contribution in [0.2, 0.25) is 0 Å². The summed E-state index contributed by atoms with van der Waals surface area (Å²) >= 11 is 3.05. The molecule has 3 aromatic carbocycles. The van der Waals surface area contributed by atoms with Gasteiger partial charge in [0.25, 0.3) is 5.91 Å². The van der Waals surface area contributed by atoms with Gasteiger partial charge in [0.1, 0.15) is 4.91 Å². The van der Waals surface area contributed by atoms with Crippen molar-refractivity contribution in [2.24, 2.45) is 4.99 Å². The van der Waals surface area contributed by atoms with Crippen molar-refractivity contribution in [1.82, 2.24) is 4.90 Å². The molecule has 2 aliphatic heterocycles. The Balaban J connectivity index is 1.40. The van der Waals surface area contributed by atoms with Crippen molar-refractivity contribution in [2.75, 3.05) is 18.5 Å². The Morgan fingerprint density at radius 1 is 0.882 bits per heavy atom. The number of carbonyl (C=O) groups excluding carboxylic acids is 1. The summed E-state index contributed by atoms with van der Waals surface area (Å²) in [7, 11) is 2.00. The lowest BCUT2D eigenvalue weighted by atomic mass is 10.1. The first-order chi connectivity index (χ1) is 16.6. The van der Waals surface area contributed by atoms with Crippen molar-refractivity contribution in [3.05, 3.63) is 113 Å². The van der Waals surface area contributed by atoms with E-state index in [2.05, 4.69) is 47.9 Å². The van der Waals surface area contributed by atoms with Crippen LogP contribution in [-0.4, -0.2) is 29.6 Å². The van der Waals surface area contributed by atoms with Gasteiger partial charge in [0, 0.05) is 18.5 Å². The number of benzene rings is 3. The maximum atomic E-state index is 13.3. The molecule has 0 unspecified atom stereocenters. The van der Waals surface area contributed by atoms with Gasteiger partial charge in [-0.1, -0.05) is 84.6 Å². The number of carbonyl (C=O) groups is 1. The minimum Gasteiger partial charge on any atom is -0.337 e. The van der Waals surface area contributed by atoms with Gasteiger partial charge in [-0.2, -0.15) is 0 Å². The van der Waals surface area contributed by atoms with E-state index in [1.165, 1.54) is 11.8 Å². The first-order valence-electron chi connectivity index (χ1n) is 10.9. The minimum absolute atomic E-state index is 0.0341. The van der Waals surface area contributed by atoms with E-state index in [4.69, 9.17) is 4.99 Å². The summed E-state index contributed by atoms with van der Waals surface area (Å²) in [4.78, 5) is 23.8. The average molecular weight is 482 g/mol. The lowest BCUT2D eigenvalue weighted by Crippen LogP contribution is -2.29. The van der Waals surface area contributed by atoms with Crippen LogP contribution in [0.5, 0.6) is 0 Å². The predicted molar refractivity (Wildman–Crippen MR) is 146 cm³/mol. The fourth-order valence-corrected chi connectivity index (χ4v) is 6.09. The standard InChI is InChI=1S/C28H23N3OS2/c1-3-19-31-26(32)25(27-30(2)23-11-7-8-12-24(23)33-27)34-28(31)29-22-17-15-21(16-18-22)14-13-20-9-5-4-6-10-20/h3-18H,1,19H2,2H3/b14-13+,27-25-,29-28?. The quantitative estimate of drug-likeness (QED) is 0.223. The number of nitrogens with zero attached hydrogens (tertiary/aromatic N) is 3. The van der Waals surface area contributed by atoms with Crippen LogP contribution in [0.3, 0.4) is 0 Å². The molecule has 0 N–H and O–H groups in total. The molecule has 3 aromatic rings. The number of amidine groups is 1. The van der Waals surface area contributed by atoms with Crippen LogP contribution in [-0.2, 0) is 4.79 Å². The smallest absolute Gasteiger partial charge is 0.269 e. The van der Waals surface area contributed by atoms with Gasteiger partial charge in [-0.05, 0) is 47.2 Å². The number of hydrogen-bond acceptors (Lipinski definition) is 5. The van der Waals surface area contributed by atoms with Crippen molar-refractivity contribution in [3.8, 4) is 0 Å². The molecule has 2 aliphatic rings. The summed E-state index contributed by atoms with van der Waals surface area (Å²) < 4.78 is 0. The van der Waals surface area contributed by atoms with E-state index in [-0.39, 0.29) is 5.91 Å². The Bertz CT molecular complexity index is 1330. The highest BCUT2D eigenvalue weighted by Gasteiger charge is 2.38. The van der Waals surface area contributed by atoms with Gasteiger partial charge < -0.3 is 4.90 Å². The highest BCUT2D eigenvalue weighted by Crippen LogP contribution is 2.49. The van der Waals surface area contributed by atoms with Gasteiger partial charge in [-0.25, -0.2) is 4.99 Å². The third kappa shape index (κ3) is 4.47. The number of aliphatic imine (C=N–C) groups is 1. The highest BCUT2D eigenvalue weighted by atomic mass is 32.2. The molecule has 0 saturated carbocycles. The molecule has 0 spiro atoms. The van der Waals surface area contributed by atoms with Gasteiger partial charge in [0.05, 0.1) is 16.4 Å². The average Bonchev–Trinajstić information content (AvgIpc) is 3.36. The van der Waals surface area contributed by atoms with Crippen LogP contribution in [0.15, 0.2) is 111 Å². The van der Waals surface area contributed by atoms with E-state index < -0.39 is 0 Å². The lowest BCUT2D eigenvalue weighted by molar-refractivity contribution is -0.121. The highest BCUT2D eigenvalue weighted by molar-refractivity contribution is 8.19. The largest absolute Gasteiger partial charge is 0.337 e. The second kappa shape index (κ2) is 9.79. The Morgan fingerprint density at radius 3 is 2.26 bits per heavy atom. The summed E-state index contributed by atoms with van der Waals surface area (Å²) in [5, 5.41) is 1.61. The van der Waals surface area contributed by atoms with Crippen LogP contribution in [0.25, 0.3) is 12.2 Å². The molecule has 1 saturated heterocycles. The Morgan fingerprint density at radius 2 is 1.56 bits per heavy atom. The molecule has 0 aromatic heterocycles. The van der Waals surface area contributed by atoms with Crippen molar-refractivity contribution in [3.63, 3.8) is 0 Å². The van der Waals surface area contributed by atoms with E-state index in [0.29, 0.717) is 16.6 Å². The summed E-state index contributed by atoms with van der Waals surface area (Å²) in [6.07, 6.45) is 5.90. The van der Waals surface area contributed by atoms with E-state index in [1.807, 2.05) is 61.6 Å². The van der Waals surface area contributed by atoms with E-state index in [1.54, 1.807) is 22.7 Å². The molecule has 34 heavy (non-hydrogen) atoms. The zero-order valence-corrected chi connectivity index (χ0v) is 20.4. The molecule has 5 rings (SSSR count). The summed E-state index contributed by atoms with van der Waals surface area (Å²) in [6, 6.07) is 26.4. The number of hydrogen-bond donors (Lipinski definition) is 0. The number of fused-ring (bicyclic) bond motifs is 1. The molecule has 4 nitrogen and oxygen atoms in total. The van der Waals surface area contributed by atoms with Gasteiger partial charge >= 0.3 is 0 Å². The Kier molecular flexibility index (Phi) is 6.43. The van der Waals surface area contributed by atoms with Crippen LogP contribution in [0.1, 0.15) is 11.1 Å². The zero-order chi connectivity index (χ0) is 23.5. The molecule has 2 heterocycles. The molecular formula is C28H23N3OS2.